The molecule has 0 fully saturated rings. The maximum absolute atomic E-state index is 11.3. The van der Waals surface area contributed by atoms with Crippen molar-refractivity contribution in [3.8, 4) is 5.75 Å². The van der Waals surface area contributed by atoms with Crippen LogP contribution in [0.15, 0.2) is 18.2 Å². The Labute approximate surface area is 120 Å². The van der Waals surface area contributed by atoms with Crippen LogP contribution in [0.2, 0.25) is 0 Å². The van der Waals surface area contributed by atoms with Crippen LogP contribution in [0.25, 0.3) is 0 Å². The minimum atomic E-state index is -0.142. The van der Waals surface area contributed by atoms with E-state index in [0.717, 1.165) is 25.2 Å². The average Bonchev–Trinajstić information content (AvgIpc) is 2.42. The highest BCUT2D eigenvalue weighted by molar-refractivity contribution is 5.97. The third-order valence-corrected chi connectivity index (χ3v) is 3.07. The van der Waals surface area contributed by atoms with Gasteiger partial charge in [-0.05, 0) is 25.5 Å². The molecule has 0 atom stereocenters. The van der Waals surface area contributed by atoms with Crippen LogP contribution in [0.3, 0.4) is 0 Å². The zero-order valence-electron chi connectivity index (χ0n) is 12.4. The molecule has 0 aliphatic rings. The van der Waals surface area contributed by atoms with Gasteiger partial charge in [-0.3, -0.25) is 4.79 Å². The number of ketones is 1. The number of phenols is 1. The number of carbonyl (C=O) groups excluding carboxylic acids is 1. The van der Waals surface area contributed by atoms with Gasteiger partial charge in [-0.15, -0.1) is 0 Å². The van der Waals surface area contributed by atoms with Crippen molar-refractivity contribution < 1.29 is 19.4 Å². The van der Waals surface area contributed by atoms with E-state index >= 15 is 0 Å². The van der Waals surface area contributed by atoms with Crippen LogP contribution in [0.4, 0.5) is 5.69 Å². The van der Waals surface area contributed by atoms with Gasteiger partial charge >= 0.3 is 0 Å². The minimum Gasteiger partial charge on any atom is -0.507 e. The fourth-order valence-corrected chi connectivity index (χ4v) is 1.99. The van der Waals surface area contributed by atoms with Crippen LogP contribution in [0, 0.1) is 0 Å². The molecule has 0 spiro atoms. The van der Waals surface area contributed by atoms with Gasteiger partial charge in [0.25, 0.3) is 0 Å². The lowest BCUT2D eigenvalue weighted by Crippen LogP contribution is -2.29. The number of ether oxygens (including phenoxy) is 2. The van der Waals surface area contributed by atoms with E-state index in [1.54, 1.807) is 26.4 Å². The van der Waals surface area contributed by atoms with E-state index in [0.29, 0.717) is 18.8 Å². The summed E-state index contributed by atoms with van der Waals surface area (Å²) in [5, 5.41) is 9.90. The summed E-state index contributed by atoms with van der Waals surface area (Å²) in [5.74, 6) is -0.124. The van der Waals surface area contributed by atoms with E-state index in [1.165, 1.54) is 6.92 Å². The number of phenolic OH excluding ortho intramolecular Hbond substituents is 1. The Morgan fingerprint density at radius 1 is 1.20 bits per heavy atom. The second kappa shape index (κ2) is 8.55. The van der Waals surface area contributed by atoms with Gasteiger partial charge in [0.2, 0.25) is 0 Å². The second-order valence-electron chi connectivity index (χ2n) is 4.58. The molecule has 0 aliphatic heterocycles. The molecule has 1 N–H and O–H groups in total. The molecule has 0 radical (unpaired) electrons. The van der Waals surface area contributed by atoms with Crippen LogP contribution in [-0.4, -0.2) is 51.4 Å². The smallest absolute Gasteiger partial charge is 0.163 e. The number of benzene rings is 1. The van der Waals surface area contributed by atoms with Crippen molar-refractivity contribution >= 4 is 11.5 Å². The van der Waals surface area contributed by atoms with Gasteiger partial charge in [0, 0.05) is 45.7 Å². The first-order chi connectivity index (χ1) is 9.60. The van der Waals surface area contributed by atoms with Gasteiger partial charge in [0.05, 0.1) is 12.2 Å². The molecule has 0 saturated carbocycles. The van der Waals surface area contributed by atoms with Crippen molar-refractivity contribution in [2.24, 2.45) is 0 Å². The molecule has 1 aromatic carbocycles. The van der Waals surface area contributed by atoms with Crippen LogP contribution >= 0.6 is 0 Å². The molecule has 5 heteroatoms. The van der Waals surface area contributed by atoms with Crippen LogP contribution in [0.5, 0.6) is 5.75 Å². The maximum atomic E-state index is 11.3. The Morgan fingerprint density at radius 2 is 1.90 bits per heavy atom. The lowest BCUT2D eigenvalue weighted by atomic mass is 10.1. The molecule has 5 nitrogen and oxygen atoms in total. The minimum absolute atomic E-state index is 0.0177. The molecule has 0 unspecified atom stereocenters. The van der Waals surface area contributed by atoms with E-state index in [-0.39, 0.29) is 11.5 Å². The normalized spacial score (nSPS) is 10.6. The van der Waals surface area contributed by atoms with E-state index in [4.69, 9.17) is 9.47 Å². The number of anilines is 1. The number of Topliss-reactive ketones (excluding diaryl/α,β-unsaturated/α-hetero) is 1. The SMILES string of the molecule is COCCCN(CCOC)c1ccc(C(C)=O)c(O)c1. The number of rotatable bonds is 9. The number of hydrogen-bond donors (Lipinski definition) is 1. The van der Waals surface area contributed by atoms with E-state index in [2.05, 4.69) is 4.90 Å². The van der Waals surface area contributed by atoms with Crippen molar-refractivity contribution in [1.29, 1.82) is 0 Å². The third kappa shape index (κ3) is 4.83. The molecule has 1 rings (SSSR count). The molecule has 112 valence electrons. The Kier molecular flexibility index (Phi) is 7.04. The van der Waals surface area contributed by atoms with E-state index in [9.17, 15) is 9.90 Å². The first-order valence-corrected chi connectivity index (χ1v) is 6.67. The number of nitrogens with zero attached hydrogens (tertiary/aromatic N) is 1. The molecule has 0 bridgehead atoms. The topological polar surface area (TPSA) is 59.0 Å². The summed E-state index contributed by atoms with van der Waals surface area (Å²) in [6.07, 6.45) is 0.884. The summed E-state index contributed by atoms with van der Waals surface area (Å²) in [7, 11) is 3.33. The summed E-state index contributed by atoms with van der Waals surface area (Å²) >= 11 is 0. The zero-order chi connectivity index (χ0) is 15.0. The van der Waals surface area contributed by atoms with Crippen molar-refractivity contribution in [1.82, 2.24) is 0 Å². The second-order valence-corrected chi connectivity index (χ2v) is 4.58. The third-order valence-electron chi connectivity index (χ3n) is 3.07. The molecule has 20 heavy (non-hydrogen) atoms. The van der Waals surface area contributed by atoms with Crippen molar-refractivity contribution in [3.63, 3.8) is 0 Å². The molecule has 0 saturated heterocycles. The van der Waals surface area contributed by atoms with Crippen molar-refractivity contribution in [2.45, 2.75) is 13.3 Å². The molecule has 0 amide bonds. The van der Waals surface area contributed by atoms with Gasteiger partial charge in [-0.1, -0.05) is 0 Å². The first kappa shape index (κ1) is 16.5. The summed E-state index contributed by atoms with van der Waals surface area (Å²) < 4.78 is 10.2. The number of methoxy groups -OCH3 is 2. The molecule has 1 aromatic rings. The number of aromatic hydroxyl groups is 1. The first-order valence-electron chi connectivity index (χ1n) is 6.67. The Hall–Kier alpha value is -1.59. The van der Waals surface area contributed by atoms with Gasteiger partial charge < -0.3 is 19.5 Å². The van der Waals surface area contributed by atoms with Crippen molar-refractivity contribution in [3.05, 3.63) is 23.8 Å². The monoisotopic (exact) mass is 281 g/mol. The highest BCUT2D eigenvalue weighted by Gasteiger charge is 2.11. The average molecular weight is 281 g/mol. The Bertz CT molecular complexity index is 434. The summed E-state index contributed by atoms with van der Waals surface area (Å²) in [4.78, 5) is 13.4. The predicted molar refractivity (Wildman–Crippen MR) is 78.7 cm³/mol. The number of hydrogen-bond acceptors (Lipinski definition) is 5. The zero-order valence-corrected chi connectivity index (χ0v) is 12.4. The fraction of sp³-hybridized carbons (Fsp3) is 0.533. The molecule has 0 aromatic heterocycles. The van der Waals surface area contributed by atoms with Gasteiger partial charge in [-0.25, -0.2) is 0 Å². The summed E-state index contributed by atoms with van der Waals surface area (Å²) in [6.45, 7) is 4.24. The quantitative estimate of drug-likeness (QED) is 0.555. The summed E-state index contributed by atoms with van der Waals surface area (Å²) in [5.41, 5.74) is 1.22. The van der Waals surface area contributed by atoms with E-state index in [1.807, 2.05) is 6.07 Å². The standard InChI is InChI=1S/C15H23NO4/c1-12(17)14-6-5-13(11-15(14)18)16(8-10-20-3)7-4-9-19-2/h5-6,11,18H,4,7-10H2,1-3H3. The molecular formula is C15H23NO4. The predicted octanol–water partition coefficient (Wildman–Crippen LogP) is 2.08. The molecule has 0 heterocycles. The fourth-order valence-electron chi connectivity index (χ4n) is 1.99. The lowest BCUT2D eigenvalue weighted by Gasteiger charge is -2.25. The lowest BCUT2D eigenvalue weighted by molar-refractivity contribution is 0.101. The van der Waals surface area contributed by atoms with Crippen LogP contribution in [-0.2, 0) is 9.47 Å². The van der Waals surface area contributed by atoms with Crippen molar-refractivity contribution in [2.75, 3.05) is 45.4 Å². The van der Waals surface area contributed by atoms with Crippen LogP contribution in [0.1, 0.15) is 23.7 Å². The van der Waals surface area contributed by atoms with Gasteiger partial charge in [0.15, 0.2) is 5.78 Å². The Morgan fingerprint density at radius 3 is 2.45 bits per heavy atom. The largest absolute Gasteiger partial charge is 0.507 e. The highest BCUT2D eigenvalue weighted by atomic mass is 16.5. The van der Waals surface area contributed by atoms with Gasteiger partial charge in [0.1, 0.15) is 5.75 Å². The van der Waals surface area contributed by atoms with Crippen LogP contribution < -0.4 is 4.90 Å². The van der Waals surface area contributed by atoms with Gasteiger partial charge in [-0.2, -0.15) is 0 Å². The molecular weight excluding hydrogens is 258 g/mol. The summed E-state index contributed by atoms with van der Waals surface area (Å²) in [6, 6.07) is 5.13. The van der Waals surface area contributed by atoms with E-state index < -0.39 is 0 Å². The highest BCUT2D eigenvalue weighted by Crippen LogP contribution is 2.25. The molecule has 0 aliphatic carbocycles. The Balaban J connectivity index is 2.83. The number of carbonyl (C=O) groups is 1. The maximum Gasteiger partial charge on any atom is 0.163 e.